The second-order valence-electron chi connectivity index (χ2n) is 4.11. The Bertz CT molecular complexity index is 334. The lowest BCUT2D eigenvalue weighted by Crippen LogP contribution is -2.15. The van der Waals surface area contributed by atoms with E-state index >= 15 is 0 Å². The van der Waals surface area contributed by atoms with Crippen LogP contribution in [-0.2, 0) is 22.6 Å². The summed E-state index contributed by atoms with van der Waals surface area (Å²) in [7, 11) is 1.42. The van der Waals surface area contributed by atoms with Crippen molar-refractivity contribution in [3.05, 3.63) is 24.0 Å². The van der Waals surface area contributed by atoms with Crippen molar-refractivity contribution in [2.45, 2.75) is 39.3 Å². The molecule has 1 aromatic heterocycles. The smallest absolute Gasteiger partial charge is 0.305 e. The van der Waals surface area contributed by atoms with Gasteiger partial charge in [-0.25, -0.2) is 0 Å². The number of methoxy groups -OCH3 is 1. The van der Waals surface area contributed by atoms with E-state index in [1.807, 2.05) is 0 Å². The summed E-state index contributed by atoms with van der Waals surface area (Å²) in [5, 5.41) is 3.32. The largest absolute Gasteiger partial charge is 0.469 e. The van der Waals surface area contributed by atoms with Crippen LogP contribution in [0.25, 0.3) is 0 Å². The van der Waals surface area contributed by atoms with E-state index in [0.29, 0.717) is 6.42 Å². The molecule has 4 heteroatoms. The summed E-state index contributed by atoms with van der Waals surface area (Å²) in [6.07, 6.45) is 6.73. The fourth-order valence-corrected chi connectivity index (χ4v) is 1.68. The maximum absolute atomic E-state index is 10.9. The standard InChI is InChI=1S/C13H22N2O2/c1-3-8-15-9-6-12(11-15)10-14-7-4-5-13(16)17-2/h6,9,11,14H,3-5,7-8,10H2,1-2H3. The highest BCUT2D eigenvalue weighted by molar-refractivity contribution is 5.69. The van der Waals surface area contributed by atoms with Crippen LogP contribution in [0.1, 0.15) is 31.7 Å². The predicted octanol–water partition coefficient (Wildman–Crippen LogP) is 1.94. The number of ether oxygens (including phenoxy) is 1. The second-order valence-corrected chi connectivity index (χ2v) is 4.11. The number of esters is 1. The molecule has 0 atom stereocenters. The van der Waals surface area contributed by atoms with Crippen molar-refractivity contribution in [3.63, 3.8) is 0 Å². The average Bonchev–Trinajstić information content (AvgIpc) is 2.76. The van der Waals surface area contributed by atoms with E-state index in [1.54, 1.807) is 0 Å². The molecule has 0 aliphatic carbocycles. The highest BCUT2D eigenvalue weighted by atomic mass is 16.5. The molecule has 4 nitrogen and oxygen atoms in total. The number of nitrogens with zero attached hydrogens (tertiary/aromatic N) is 1. The first-order valence-corrected chi connectivity index (χ1v) is 6.18. The van der Waals surface area contributed by atoms with Gasteiger partial charge in [0.15, 0.2) is 0 Å². The van der Waals surface area contributed by atoms with E-state index in [4.69, 9.17) is 0 Å². The summed E-state index contributed by atoms with van der Waals surface area (Å²) in [5.74, 6) is -0.138. The van der Waals surface area contributed by atoms with Crippen LogP contribution in [0.3, 0.4) is 0 Å². The number of hydrogen-bond acceptors (Lipinski definition) is 3. The predicted molar refractivity (Wildman–Crippen MR) is 67.7 cm³/mol. The molecule has 0 unspecified atom stereocenters. The number of aryl methyl sites for hydroxylation is 1. The molecule has 0 bridgehead atoms. The monoisotopic (exact) mass is 238 g/mol. The zero-order valence-corrected chi connectivity index (χ0v) is 10.7. The summed E-state index contributed by atoms with van der Waals surface area (Å²) in [6.45, 7) is 4.94. The Balaban J connectivity index is 2.11. The van der Waals surface area contributed by atoms with Crippen LogP contribution >= 0.6 is 0 Å². The minimum Gasteiger partial charge on any atom is -0.469 e. The van der Waals surface area contributed by atoms with Crippen molar-refractivity contribution in [1.82, 2.24) is 9.88 Å². The van der Waals surface area contributed by atoms with Crippen LogP contribution < -0.4 is 5.32 Å². The summed E-state index contributed by atoms with van der Waals surface area (Å²) >= 11 is 0. The van der Waals surface area contributed by atoms with Gasteiger partial charge in [0.1, 0.15) is 0 Å². The summed E-state index contributed by atoms with van der Waals surface area (Å²) in [4.78, 5) is 10.9. The SMILES string of the molecule is CCCn1ccc(CNCCCC(=O)OC)c1. The third-order valence-corrected chi connectivity index (χ3v) is 2.58. The fourth-order valence-electron chi connectivity index (χ4n) is 1.68. The third-order valence-electron chi connectivity index (χ3n) is 2.58. The quantitative estimate of drug-likeness (QED) is 0.556. The van der Waals surface area contributed by atoms with Crippen molar-refractivity contribution < 1.29 is 9.53 Å². The number of carbonyl (C=O) groups excluding carboxylic acids is 1. The van der Waals surface area contributed by atoms with Gasteiger partial charge in [0, 0.05) is 31.9 Å². The van der Waals surface area contributed by atoms with Gasteiger partial charge >= 0.3 is 5.97 Å². The molecule has 96 valence electrons. The van der Waals surface area contributed by atoms with Crippen molar-refractivity contribution in [3.8, 4) is 0 Å². The molecule has 0 saturated heterocycles. The molecule has 0 fully saturated rings. The van der Waals surface area contributed by atoms with Crippen LogP contribution in [-0.4, -0.2) is 24.2 Å². The van der Waals surface area contributed by atoms with Crippen molar-refractivity contribution in [1.29, 1.82) is 0 Å². The second kappa shape index (κ2) is 7.90. The molecule has 0 aromatic carbocycles. The van der Waals surface area contributed by atoms with E-state index in [0.717, 1.165) is 32.5 Å². The normalized spacial score (nSPS) is 10.5. The van der Waals surface area contributed by atoms with Crippen molar-refractivity contribution >= 4 is 5.97 Å². The molecule has 1 N–H and O–H groups in total. The highest BCUT2D eigenvalue weighted by Gasteiger charge is 1.99. The number of rotatable bonds is 8. The number of nitrogens with one attached hydrogen (secondary N) is 1. The maximum atomic E-state index is 10.9. The van der Waals surface area contributed by atoms with Gasteiger partial charge < -0.3 is 14.6 Å². The lowest BCUT2D eigenvalue weighted by atomic mass is 10.3. The van der Waals surface area contributed by atoms with E-state index in [-0.39, 0.29) is 5.97 Å². The molecule has 0 spiro atoms. The fraction of sp³-hybridized carbons (Fsp3) is 0.615. The highest BCUT2D eigenvalue weighted by Crippen LogP contribution is 2.02. The molecule has 0 saturated carbocycles. The van der Waals surface area contributed by atoms with Gasteiger partial charge in [0.05, 0.1) is 7.11 Å². The molecule has 0 aliphatic rings. The van der Waals surface area contributed by atoms with E-state index < -0.39 is 0 Å². The van der Waals surface area contributed by atoms with E-state index in [2.05, 4.69) is 40.0 Å². The van der Waals surface area contributed by atoms with Gasteiger partial charge in [-0.3, -0.25) is 4.79 Å². The van der Waals surface area contributed by atoms with Crippen molar-refractivity contribution in [2.75, 3.05) is 13.7 Å². The average molecular weight is 238 g/mol. The number of hydrogen-bond donors (Lipinski definition) is 1. The van der Waals surface area contributed by atoms with Crippen LogP contribution in [0.4, 0.5) is 0 Å². The Morgan fingerprint density at radius 3 is 3.06 bits per heavy atom. The third kappa shape index (κ3) is 5.54. The van der Waals surface area contributed by atoms with Gasteiger partial charge in [-0.1, -0.05) is 6.92 Å². The van der Waals surface area contributed by atoms with Gasteiger partial charge in [-0.2, -0.15) is 0 Å². The van der Waals surface area contributed by atoms with Crippen LogP contribution in [0.2, 0.25) is 0 Å². The molecule has 0 radical (unpaired) electrons. The minimum atomic E-state index is -0.138. The Labute approximate surface area is 103 Å². The van der Waals surface area contributed by atoms with Gasteiger partial charge in [-0.15, -0.1) is 0 Å². The zero-order valence-electron chi connectivity index (χ0n) is 10.7. The first kappa shape index (κ1) is 13.8. The number of carbonyl (C=O) groups is 1. The summed E-state index contributed by atoms with van der Waals surface area (Å²) in [5.41, 5.74) is 1.29. The maximum Gasteiger partial charge on any atom is 0.305 e. The van der Waals surface area contributed by atoms with Crippen LogP contribution in [0, 0.1) is 0 Å². The molecular weight excluding hydrogens is 216 g/mol. The first-order valence-electron chi connectivity index (χ1n) is 6.18. The Morgan fingerprint density at radius 2 is 2.35 bits per heavy atom. The summed E-state index contributed by atoms with van der Waals surface area (Å²) < 4.78 is 6.78. The lowest BCUT2D eigenvalue weighted by Gasteiger charge is -2.02. The van der Waals surface area contributed by atoms with Gasteiger partial charge in [-0.05, 0) is 31.0 Å². The molecule has 1 heterocycles. The molecule has 0 aliphatic heterocycles. The molecule has 17 heavy (non-hydrogen) atoms. The van der Waals surface area contributed by atoms with Crippen molar-refractivity contribution in [2.24, 2.45) is 0 Å². The number of aromatic nitrogens is 1. The molecule has 1 rings (SSSR count). The van der Waals surface area contributed by atoms with E-state index in [9.17, 15) is 4.79 Å². The topological polar surface area (TPSA) is 43.3 Å². The van der Waals surface area contributed by atoms with Crippen LogP contribution in [0.5, 0.6) is 0 Å². The molecule has 0 amide bonds. The Hall–Kier alpha value is -1.29. The van der Waals surface area contributed by atoms with Gasteiger partial charge in [0.25, 0.3) is 0 Å². The Morgan fingerprint density at radius 1 is 1.53 bits per heavy atom. The molecule has 1 aromatic rings. The zero-order chi connectivity index (χ0) is 12.5. The minimum absolute atomic E-state index is 0.138. The first-order chi connectivity index (χ1) is 8.26. The van der Waals surface area contributed by atoms with E-state index in [1.165, 1.54) is 12.7 Å². The molecular formula is C13H22N2O2. The van der Waals surface area contributed by atoms with Crippen LogP contribution in [0.15, 0.2) is 18.5 Å². The Kier molecular flexibility index (Phi) is 6.40. The summed E-state index contributed by atoms with van der Waals surface area (Å²) in [6, 6.07) is 2.13. The lowest BCUT2D eigenvalue weighted by molar-refractivity contribution is -0.140. The van der Waals surface area contributed by atoms with Gasteiger partial charge in [0.2, 0.25) is 0 Å².